The molecule has 6 aliphatic rings. The monoisotopic (exact) mass is 580 g/mol. The van der Waals surface area contributed by atoms with Crippen LogP contribution < -0.4 is 0 Å². The average molecular weight is 581 g/mol. The first-order valence-corrected chi connectivity index (χ1v) is 15.6. The fraction of sp³-hybridized carbons (Fsp3) is 0.667. The number of nitrogens with zero attached hydrogens (tertiary/aromatic N) is 2. The molecule has 1 aromatic heterocycles. The first-order valence-electron chi connectivity index (χ1n) is 15.3. The van der Waals surface area contributed by atoms with E-state index >= 15 is 0 Å². The van der Waals surface area contributed by atoms with Gasteiger partial charge in [0.15, 0.2) is 13.6 Å². The van der Waals surface area contributed by atoms with Crippen molar-refractivity contribution in [2.24, 2.45) is 28.6 Å². The summed E-state index contributed by atoms with van der Waals surface area (Å²) in [6, 6.07) is 8.64. The summed E-state index contributed by atoms with van der Waals surface area (Å²) in [5.41, 5.74) is 4.65. The molecular weight excluding hydrogens is 540 g/mol. The Hall–Kier alpha value is -1.74. The molecule has 5 fully saturated rings. The van der Waals surface area contributed by atoms with Crippen LogP contribution >= 0.6 is 11.6 Å². The topological polar surface area (TPSA) is 75.0 Å². The van der Waals surface area contributed by atoms with E-state index in [-0.39, 0.29) is 42.2 Å². The van der Waals surface area contributed by atoms with Crippen molar-refractivity contribution in [3.8, 4) is 0 Å². The van der Waals surface area contributed by atoms with Crippen molar-refractivity contribution in [3.63, 3.8) is 0 Å². The summed E-state index contributed by atoms with van der Waals surface area (Å²) in [5.74, 6) is -0.354. The van der Waals surface area contributed by atoms with E-state index in [1.54, 1.807) is 0 Å². The van der Waals surface area contributed by atoms with Crippen molar-refractivity contribution >= 4 is 17.7 Å². The summed E-state index contributed by atoms with van der Waals surface area (Å²) >= 11 is 7.94. The van der Waals surface area contributed by atoms with Gasteiger partial charge in [-0.1, -0.05) is 56.2 Å². The predicted molar refractivity (Wildman–Crippen MR) is 154 cm³/mol. The van der Waals surface area contributed by atoms with Gasteiger partial charge in [-0.15, -0.1) is 11.6 Å². The number of fused-ring (bicyclic) bond motifs is 8. The number of hydrogen-bond donors (Lipinski definition) is 1. The third kappa shape index (κ3) is 3.21. The highest BCUT2D eigenvalue weighted by molar-refractivity contribution is 6.25. The molecule has 1 aromatic carbocycles. The Balaban J connectivity index is 1.15. The zero-order chi connectivity index (χ0) is 28.4. The molecule has 1 N–H and O–H groups in total. The molecule has 1 unspecified atom stereocenters. The molecule has 9 atom stereocenters. The number of hydrogen-bond acceptors (Lipinski definition) is 6. The predicted octanol–water partition coefficient (Wildman–Crippen LogP) is 5.44. The summed E-state index contributed by atoms with van der Waals surface area (Å²) in [7, 11) is 0. The average Bonchev–Trinajstić information content (AvgIpc) is 3.70. The second-order valence-corrected chi connectivity index (χ2v) is 14.8. The van der Waals surface area contributed by atoms with Crippen molar-refractivity contribution in [1.82, 2.24) is 9.78 Å². The van der Waals surface area contributed by atoms with Gasteiger partial charge < -0.3 is 24.1 Å². The van der Waals surface area contributed by atoms with E-state index in [1.165, 1.54) is 22.3 Å². The van der Waals surface area contributed by atoms with E-state index in [0.717, 1.165) is 37.9 Å². The van der Waals surface area contributed by atoms with Gasteiger partial charge in [0, 0.05) is 17.0 Å². The number of ether oxygens (including phenoxy) is 4. The minimum atomic E-state index is -0.933. The van der Waals surface area contributed by atoms with E-state index in [4.69, 9.17) is 35.6 Å². The number of aliphatic hydroxyl groups is 1. The van der Waals surface area contributed by atoms with E-state index in [9.17, 15) is 5.11 Å². The molecule has 2 aliphatic heterocycles. The zero-order valence-corrected chi connectivity index (χ0v) is 25.2. The highest BCUT2D eigenvalue weighted by Gasteiger charge is 2.81. The largest absolute Gasteiger partial charge is 0.391 e. The lowest BCUT2D eigenvalue weighted by molar-refractivity contribution is -0.264. The quantitative estimate of drug-likeness (QED) is 0.477. The van der Waals surface area contributed by atoms with Crippen LogP contribution in [0.3, 0.4) is 0 Å². The van der Waals surface area contributed by atoms with Gasteiger partial charge in [0.2, 0.25) is 5.79 Å². The maximum Gasteiger partial charge on any atom is 0.227 e. The van der Waals surface area contributed by atoms with Crippen LogP contribution in [0.5, 0.6) is 0 Å². The fourth-order valence-corrected chi connectivity index (χ4v) is 11.1. The minimum Gasteiger partial charge on any atom is -0.391 e. The van der Waals surface area contributed by atoms with Crippen LogP contribution in [0.4, 0.5) is 0 Å². The standard InChI is InChI=1S/C33H41ClN2O5/c1-20-5-7-22(8-6-20)15-36-16-23-13-29(3)24(12-27(23)35-36)9-10-25-26-11-21(2)33(30(26,4)14-28(37)32(25,29)34)31(40-19-41-33)17-38-18-39-31/h5-8,12,16,21,25-26,28,37H,9-11,13-15,17-19H2,1-4H3/t21-,25+,26+,28+,29+,30+,31?,32+,33-/m1/s1. The lowest BCUT2D eigenvalue weighted by Gasteiger charge is -2.65. The second-order valence-electron chi connectivity index (χ2n) is 14.2. The Labute approximate surface area is 247 Å². The van der Waals surface area contributed by atoms with E-state index in [0.29, 0.717) is 13.0 Å². The maximum atomic E-state index is 12.3. The first kappa shape index (κ1) is 26.9. The molecule has 8 rings (SSSR count). The van der Waals surface area contributed by atoms with Gasteiger partial charge in [-0.05, 0) is 74.0 Å². The van der Waals surface area contributed by atoms with E-state index in [2.05, 4.69) is 68.9 Å². The second kappa shape index (κ2) is 8.67. The van der Waals surface area contributed by atoms with Gasteiger partial charge in [0.25, 0.3) is 0 Å². The van der Waals surface area contributed by atoms with Crippen LogP contribution in [-0.2, 0) is 31.9 Å². The molecule has 4 aliphatic carbocycles. The molecule has 3 saturated carbocycles. The molecule has 220 valence electrons. The third-order valence-corrected chi connectivity index (χ3v) is 13.3. The number of aromatic nitrogens is 2. The van der Waals surface area contributed by atoms with Gasteiger partial charge >= 0.3 is 0 Å². The van der Waals surface area contributed by atoms with Crippen molar-refractivity contribution in [3.05, 3.63) is 58.4 Å². The van der Waals surface area contributed by atoms with Gasteiger partial charge in [0.05, 0.1) is 23.2 Å². The molecule has 8 heteroatoms. The van der Waals surface area contributed by atoms with Crippen LogP contribution in [-0.4, -0.2) is 57.4 Å². The number of benzene rings is 1. The molecule has 0 bridgehead atoms. The van der Waals surface area contributed by atoms with Crippen molar-refractivity contribution in [2.75, 3.05) is 20.2 Å². The minimum absolute atomic E-state index is 0.134. The maximum absolute atomic E-state index is 12.3. The first-order chi connectivity index (χ1) is 19.6. The molecule has 3 heterocycles. The van der Waals surface area contributed by atoms with Crippen LogP contribution in [0.1, 0.15) is 68.8 Å². The Morgan fingerprint density at radius 1 is 1.10 bits per heavy atom. The Morgan fingerprint density at radius 3 is 2.63 bits per heavy atom. The zero-order valence-electron chi connectivity index (χ0n) is 24.5. The summed E-state index contributed by atoms with van der Waals surface area (Å²) < 4.78 is 26.8. The van der Waals surface area contributed by atoms with Gasteiger partial charge in [-0.3, -0.25) is 4.68 Å². The fourth-order valence-electron chi connectivity index (χ4n) is 10.6. The Bertz CT molecular complexity index is 1410. The van der Waals surface area contributed by atoms with Gasteiger partial charge in [-0.25, -0.2) is 0 Å². The third-order valence-electron chi connectivity index (χ3n) is 12.4. The molecule has 7 nitrogen and oxygen atoms in total. The number of alkyl halides is 1. The summed E-state index contributed by atoms with van der Waals surface area (Å²) in [5, 5.41) is 17.2. The molecule has 0 amide bonds. The molecule has 2 aromatic rings. The Morgan fingerprint density at radius 2 is 1.88 bits per heavy atom. The molecule has 2 spiro atoms. The molecule has 2 saturated heterocycles. The van der Waals surface area contributed by atoms with Gasteiger partial charge in [-0.2, -0.15) is 5.10 Å². The number of aliphatic hydroxyl groups excluding tert-OH is 1. The molecule has 0 radical (unpaired) electrons. The van der Waals surface area contributed by atoms with Crippen LogP contribution in [0.15, 0.2) is 36.0 Å². The lowest BCUT2D eigenvalue weighted by atomic mass is 9.44. The highest BCUT2D eigenvalue weighted by atomic mass is 35.5. The number of aryl methyl sites for hydroxylation is 1. The van der Waals surface area contributed by atoms with Crippen molar-refractivity contribution in [2.45, 2.75) is 88.7 Å². The highest BCUT2D eigenvalue weighted by Crippen LogP contribution is 2.75. The number of allylic oxidation sites excluding steroid dienone is 1. The normalized spacial score (nSPS) is 46.3. The summed E-state index contributed by atoms with van der Waals surface area (Å²) in [6.07, 6.45) is 7.94. The Kier molecular flexibility index (Phi) is 5.68. The lowest BCUT2D eigenvalue weighted by Crippen LogP contribution is -2.71. The number of halogens is 1. The number of rotatable bonds is 2. The van der Waals surface area contributed by atoms with Crippen LogP contribution in [0.25, 0.3) is 6.08 Å². The summed E-state index contributed by atoms with van der Waals surface area (Å²) in [6.45, 7) is 10.4. The smallest absolute Gasteiger partial charge is 0.227 e. The molecule has 41 heavy (non-hydrogen) atoms. The van der Waals surface area contributed by atoms with Crippen molar-refractivity contribution < 1.29 is 24.1 Å². The van der Waals surface area contributed by atoms with Crippen LogP contribution in [0.2, 0.25) is 0 Å². The molecular formula is C33H41ClN2O5. The SMILES string of the molecule is Cc1ccc(Cn2cc3c(n2)C=C2CC[C@H]4[C@@H]5C[C@@H](C)[C@@]6(OCOC67COCO7)[C@@]5(C)C[C@H](O)[C@]4(Cl)[C@@]2(C)C3)cc1. The summed E-state index contributed by atoms with van der Waals surface area (Å²) in [4.78, 5) is -0.789. The van der Waals surface area contributed by atoms with Gasteiger partial charge in [0.1, 0.15) is 12.2 Å². The van der Waals surface area contributed by atoms with E-state index in [1.807, 2.05) is 0 Å². The van der Waals surface area contributed by atoms with E-state index < -0.39 is 22.4 Å². The van der Waals surface area contributed by atoms with Crippen LogP contribution in [0, 0.1) is 35.5 Å². The van der Waals surface area contributed by atoms with Crippen molar-refractivity contribution in [1.29, 1.82) is 0 Å².